The zero-order valence-corrected chi connectivity index (χ0v) is 30.3. The standard InChI is InChI=1S/C51H38N2O/c1-35-21-31-44(36(2)33-35)40-28-32-49-50(34-40)54-51(52-49)39-24-22-37(23-25-39)45-17-9-11-19-47(45)48-20-12-10-18-46(48)38-26-29-43(30-27-38)53(41-13-5-3-6-14-41)42-15-7-4-8-16-42/h3-34H,1-2H3. The van der Waals surface area contributed by atoms with E-state index in [1.165, 1.54) is 38.9 Å². The zero-order valence-electron chi connectivity index (χ0n) is 30.3. The monoisotopic (exact) mass is 694 g/mol. The van der Waals surface area contributed by atoms with E-state index in [0.29, 0.717) is 5.89 Å². The van der Waals surface area contributed by atoms with Gasteiger partial charge < -0.3 is 9.32 Å². The predicted molar refractivity (Wildman–Crippen MR) is 225 cm³/mol. The molecule has 0 radical (unpaired) electrons. The van der Waals surface area contributed by atoms with Crippen LogP contribution >= 0.6 is 0 Å². The first-order chi connectivity index (χ1) is 26.6. The first kappa shape index (κ1) is 32.9. The lowest BCUT2D eigenvalue weighted by atomic mass is 9.89. The molecule has 8 aromatic carbocycles. The summed E-state index contributed by atoms with van der Waals surface area (Å²) in [4.78, 5) is 7.14. The number of aromatic nitrogens is 1. The fraction of sp³-hybridized carbons (Fsp3) is 0.0392. The highest BCUT2D eigenvalue weighted by Crippen LogP contribution is 2.41. The predicted octanol–water partition coefficient (Wildman–Crippen LogP) is 14.2. The van der Waals surface area contributed by atoms with Crippen LogP contribution in [-0.4, -0.2) is 4.98 Å². The van der Waals surface area contributed by atoms with Gasteiger partial charge in [0, 0.05) is 22.6 Å². The van der Waals surface area contributed by atoms with Crippen LogP contribution in [0.15, 0.2) is 199 Å². The molecule has 9 aromatic rings. The maximum Gasteiger partial charge on any atom is 0.227 e. The molecule has 1 aromatic heterocycles. The Morgan fingerprint density at radius 2 is 0.870 bits per heavy atom. The average molecular weight is 695 g/mol. The third-order valence-electron chi connectivity index (χ3n) is 10.1. The summed E-state index contributed by atoms with van der Waals surface area (Å²) in [6, 6.07) is 68.7. The number of nitrogens with zero attached hydrogens (tertiary/aromatic N) is 2. The Labute approximate surface area is 316 Å². The van der Waals surface area contributed by atoms with Gasteiger partial charge in [-0.3, -0.25) is 0 Å². The van der Waals surface area contributed by atoms with Crippen molar-refractivity contribution in [3.05, 3.63) is 205 Å². The van der Waals surface area contributed by atoms with Gasteiger partial charge in [0.1, 0.15) is 5.52 Å². The van der Waals surface area contributed by atoms with E-state index in [0.717, 1.165) is 50.4 Å². The van der Waals surface area contributed by atoms with Gasteiger partial charge in [0.2, 0.25) is 5.89 Å². The van der Waals surface area contributed by atoms with Gasteiger partial charge in [-0.15, -0.1) is 0 Å². The van der Waals surface area contributed by atoms with Crippen LogP contribution in [0.1, 0.15) is 11.1 Å². The summed E-state index contributed by atoms with van der Waals surface area (Å²) >= 11 is 0. The van der Waals surface area contributed by atoms with Gasteiger partial charge >= 0.3 is 0 Å². The van der Waals surface area contributed by atoms with E-state index >= 15 is 0 Å². The van der Waals surface area contributed by atoms with E-state index < -0.39 is 0 Å². The summed E-state index contributed by atoms with van der Waals surface area (Å²) in [5.41, 5.74) is 17.8. The Morgan fingerprint density at radius 1 is 0.389 bits per heavy atom. The highest BCUT2D eigenvalue weighted by molar-refractivity contribution is 5.92. The molecule has 9 rings (SSSR count). The van der Waals surface area contributed by atoms with Crippen molar-refractivity contribution < 1.29 is 4.42 Å². The lowest BCUT2D eigenvalue weighted by Crippen LogP contribution is -2.09. The summed E-state index contributed by atoms with van der Waals surface area (Å²) < 4.78 is 6.34. The molecule has 1 heterocycles. The molecule has 3 nitrogen and oxygen atoms in total. The van der Waals surface area contributed by atoms with Gasteiger partial charge in [-0.25, -0.2) is 4.98 Å². The quantitative estimate of drug-likeness (QED) is 0.159. The second-order valence-corrected chi connectivity index (χ2v) is 13.7. The van der Waals surface area contributed by atoms with Crippen molar-refractivity contribution in [1.82, 2.24) is 4.98 Å². The molecule has 0 N–H and O–H groups in total. The number of hydrogen-bond donors (Lipinski definition) is 0. The van der Waals surface area contributed by atoms with E-state index in [1.807, 2.05) is 0 Å². The lowest BCUT2D eigenvalue weighted by Gasteiger charge is -2.25. The van der Waals surface area contributed by atoms with Crippen molar-refractivity contribution in [2.75, 3.05) is 4.90 Å². The number of benzene rings is 8. The van der Waals surface area contributed by atoms with Crippen molar-refractivity contribution >= 4 is 28.2 Å². The van der Waals surface area contributed by atoms with Crippen LogP contribution in [0.5, 0.6) is 0 Å². The van der Waals surface area contributed by atoms with E-state index in [-0.39, 0.29) is 0 Å². The summed E-state index contributed by atoms with van der Waals surface area (Å²) in [5, 5.41) is 0. The highest BCUT2D eigenvalue weighted by atomic mass is 16.3. The Bertz CT molecular complexity index is 2670. The minimum absolute atomic E-state index is 0.620. The van der Waals surface area contributed by atoms with Gasteiger partial charge in [0.25, 0.3) is 0 Å². The van der Waals surface area contributed by atoms with Crippen LogP contribution in [-0.2, 0) is 0 Å². The van der Waals surface area contributed by atoms with E-state index in [2.05, 4.69) is 213 Å². The molecule has 0 aliphatic heterocycles. The van der Waals surface area contributed by atoms with E-state index in [1.54, 1.807) is 0 Å². The number of hydrogen-bond acceptors (Lipinski definition) is 3. The number of para-hydroxylation sites is 2. The van der Waals surface area contributed by atoms with Gasteiger partial charge in [-0.2, -0.15) is 0 Å². The molecule has 0 saturated heterocycles. The van der Waals surface area contributed by atoms with Crippen molar-refractivity contribution in [1.29, 1.82) is 0 Å². The minimum Gasteiger partial charge on any atom is -0.436 e. The SMILES string of the molecule is Cc1ccc(-c2ccc3nc(-c4ccc(-c5ccccc5-c5ccccc5-c5ccc(N(c6ccccc6)c6ccccc6)cc5)cc4)oc3c2)c(C)c1. The topological polar surface area (TPSA) is 29.3 Å². The molecule has 0 spiro atoms. The van der Waals surface area contributed by atoms with Crippen LogP contribution in [0.2, 0.25) is 0 Å². The smallest absolute Gasteiger partial charge is 0.227 e. The van der Waals surface area contributed by atoms with E-state index in [9.17, 15) is 0 Å². The van der Waals surface area contributed by atoms with Crippen LogP contribution in [0, 0.1) is 13.8 Å². The molecule has 0 saturated carbocycles. The van der Waals surface area contributed by atoms with Gasteiger partial charge in [-0.05, 0) is 125 Å². The fourth-order valence-electron chi connectivity index (χ4n) is 7.48. The van der Waals surface area contributed by atoms with Crippen LogP contribution in [0.4, 0.5) is 17.1 Å². The number of fused-ring (bicyclic) bond motifs is 1. The van der Waals surface area contributed by atoms with Crippen molar-refractivity contribution in [2.24, 2.45) is 0 Å². The molecule has 0 bridgehead atoms. The number of oxazole rings is 1. The minimum atomic E-state index is 0.620. The van der Waals surface area contributed by atoms with Crippen molar-refractivity contribution in [2.45, 2.75) is 13.8 Å². The molecule has 0 atom stereocenters. The maximum absolute atomic E-state index is 6.34. The van der Waals surface area contributed by atoms with Gasteiger partial charge in [0.05, 0.1) is 0 Å². The molecule has 0 amide bonds. The molecule has 0 aliphatic carbocycles. The first-order valence-corrected chi connectivity index (χ1v) is 18.4. The Morgan fingerprint density at radius 3 is 1.44 bits per heavy atom. The lowest BCUT2D eigenvalue weighted by molar-refractivity contribution is 0.620. The summed E-state index contributed by atoms with van der Waals surface area (Å²) in [7, 11) is 0. The zero-order chi connectivity index (χ0) is 36.4. The van der Waals surface area contributed by atoms with Crippen LogP contribution in [0.25, 0.3) is 67.1 Å². The third kappa shape index (κ3) is 6.37. The number of anilines is 3. The Balaban J connectivity index is 1.02. The second kappa shape index (κ2) is 14.2. The largest absolute Gasteiger partial charge is 0.436 e. The molecule has 0 fully saturated rings. The van der Waals surface area contributed by atoms with E-state index in [4.69, 9.17) is 9.40 Å². The number of aryl methyl sites for hydroxylation is 2. The molecule has 0 aliphatic rings. The molecule has 54 heavy (non-hydrogen) atoms. The molecular weight excluding hydrogens is 657 g/mol. The second-order valence-electron chi connectivity index (χ2n) is 13.7. The molecular formula is C51H38N2O. The fourth-order valence-corrected chi connectivity index (χ4v) is 7.48. The maximum atomic E-state index is 6.34. The third-order valence-corrected chi connectivity index (χ3v) is 10.1. The summed E-state index contributed by atoms with van der Waals surface area (Å²) in [6.45, 7) is 4.28. The summed E-state index contributed by atoms with van der Waals surface area (Å²) in [6.07, 6.45) is 0. The van der Waals surface area contributed by atoms with Crippen molar-refractivity contribution in [3.8, 4) is 56.0 Å². The highest BCUT2D eigenvalue weighted by Gasteiger charge is 2.16. The Hall–Kier alpha value is -6.97. The first-order valence-electron chi connectivity index (χ1n) is 18.4. The van der Waals surface area contributed by atoms with Crippen LogP contribution < -0.4 is 4.90 Å². The van der Waals surface area contributed by atoms with Crippen molar-refractivity contribution in [3.63, 3.8) is 0 Å². The van der Waals surface area contributed by atoms with Gasteiger partial charge in [0.15, 0.2) is 5.58 Å². The van der Waals surface area contributed by atoms with Gasteiger partial charge in [-0.1, -0.05) is 139 Å². The summed E-state index contributed by atoms with van der Waals surface area (Å²) in [5.74, 6) is 0.620. The number of rotatable bonds is 8. The normalized spacial score (nSPS) is 11.1. The average Bonchev–Trinajstić information content (AvgIpc) is 3.66. The molecule has 0 unspecified atom stereocenters. The molecule has 258 valence electrons. The molecule has 3 heteroatoms. The van der Waals surface area contributed by atoms with Crippen LogP contribution in [0.3, 0.4) is 0 Å². The Kier molecular flexibility index (Phi) is 8.66.